The van der Waals surface area contributed by atoms with E-state index in [-0.39, 0.29) is 0 Å². The molecule has 1 unspecified atom stereocenters. The van der Waals surface area contributed by atoms with Gasteiger partial charge in [-0.2, -0.15) is 0 Å². The Morgan fingerprint density at radius 2 is 2.07 bits per heavy atom. The summed E-state index contributed by atoms with van der Waals surface area (Å²) in [7, 11) is 0. The quantitative estimate of drug-likeness (QED) is 0.786. The highest BCUT2D eigenvalue weighted by Gasteiger charge is 2.07. The average Bonchev–Trinajstić information content (AvgIpc) is 2.60. The molecule has 1 aromatic rings. The van der Waals surface area contributed by atoms with Crippen molar-refractivity contribution in [1.29, 1.82) is 0 Å². The number of nitrogens with one attached hydrogen (secondary N) is 1. The van der Waals surface area contributed by atoms with Gasteiger partial charge in [-0.15, -0.1) is 11.3 Å². The largest absolute Gasteiger partial charge is 0.309 e. The maximum atomic E-state index is 3.57. The highest BCUT2D eigenvalue weighted by Crippen LogP contribution is 2.17. The van der Waals surface area contributed by atoms with Crippen LogP contribution in [0.1, 0.15) is 38.1 Å². The molecule has 0 spiro atoms. The molecule has 1 N–H and O–H groups in total. The van der Waals surface area contributed by atoms with Crippen molar-refractivity contribution >= 4 is 11.3 Å². The van der Waals surface area contributed by atoms with Crippen LogP contribution in [0.25, 0.3) is 0 Å². The molecule has 0 aliphatic carbocycles. The van der Waals surface area contributed by atoms with E-state index < -0.39 is 0 Å². The van der Waals surface area contributed by atoms with Gasteiger partial charge in [-0.1, -0.05) is 20.8 Å². The van der Waals surface area contributed by atoms with Gasteiger partial charge >= 0.3 is 0 Å². The van der Waals surface area contributed by atoms with Crippen LogP contribution in [0.15, 0.2) is 11.4 Å². The minimum Gasteiger partial charge on any atom is -0.309 e. The zero-order valence-electron chi connectivity index (χ0n) is 9.63. The zero-order valence-corrected chi connectivity index (χ0v) is 10.4. The highest BCUT2D eigenvalue weighted by molar-refractivity contribution is 7.10. The van der Waals surface area contributed by atoms with Crippen LogP contribution >= 0.6 is 11.3 Å². The molecular formula is C12H21NS. The molecule has 1 atom stereocenters. The van der Waals surface area contributed by atoms with Crippen molar-refractivity contribution in [2.24, 2.45) is 5.92 Å². The zero-order chi connectivity index (χ0) is 10.6. The Bertz CT molecular complexity index is 265. The van der Waals surface area contributed by atoms with Crippen LogP contribution in [-0.2, 0) is 13.0 Å². The fourth-order valence-corrected chi connectivity index (χ4v) is 2.25. The summed E-state index contributed by atoms with van der Waals surface area (Å²) < 4.78 is 0. The van der Waals surface area contributed by atoms with Crippen molar-refractivity contribution in [2.45, 2.75) is 46.7 Å². The van der Waals surface area contributed by atoms with Crippen molar-refractivity contribution in [1.82, 2.24) is 5.32 Å². The first kappa shape index (κ1) is 11.7. The molecule has 0 radical (unpaired) electrons. The lowest BCUT2D eigenvalue weighted by Crippen LogP contribution is -2.30. The number of aryl methyl sites for hydroxylation is 1. The summed E-state index contributed by atoms with van der Waals surface area (Å²) in [4.78, 5) is 1.50. The van der Waals surface area contributed by atoms with E-state index in [1.165, 1.54) is 10.4 Å². The van der Waals surface area contributed by atoms with Gasteiger partial charge in [0.25, 0.3) is 0 Å². The van der Waals surface area contributed by atoms with Gasteiger partial charge in [0.1, 0.15) is 0 Å². The van der Waals surface area contributed by atoms with Gasteiger partial charge in [0.05, 0.1) is 0 Å². The fraction of sp³-hybridized carbons (Fsp3) is 0.667. The summed E-state index contributed by atoms with van der Waals surface area (Å²) in [6.07, 6.45) is 1.15. The van der Waals surface area contributed by atoms with Gasteiger partial charge in [-0.3, -0.25) is 0 Å². The van der Waals surface area contributed by atoms with Crippen molar-refractivity contribution in [2.75, 3.05) is 0 Å². The average molecular weight is 211 g/mol. The summed E-state index contributed by atoms with van der Waals surface area (Å²) in [5.74, 6) is 0.708. The van der Waals surface area contributed by atoms with E-state index in [9.17, 15) is 0 Å². The van der Waals surface area contributed by atoms with Crippen LogP contribution < -0.4 is 5.32 Å². The molecule has 1 rings (SSSR count). The van der Waals surface area contributed by atoms with Crippen LogP contribution in [0.5, 0.6) is 0 Å². The summed E-state index contributed by atoms with van der Waals surface area (Å²) in [6.45, 7) is 10.0. The molecule has 80 valence electrons. The van der Waals surface area contributed by atoms with Crippen LogP contribution in [0.4, 0.5) is 0 Å². The molecule has 0 bridgehead atoms. The van der Waals surface area contributed by atoms with Crippen molar-refractivity contribution in [3.05, 3.63) is 21.9 Å². The standard InChI is InChI=1S/C12H21NS/c1-5-11-6-7-14-12(11)8-13-10(4)9(2)3/h6-7,9-10,13H,5,8H2,1-4H3. The van der Waals surface area contributed by atoms with Gasteiger partial charge in [-0.05, 0) is 36.3 Å². The smallest absolute Gasteiger partial charge is 0.0305 e. The van der Waals surface area contributed by atoms with Crippen molar-refractivity contribution in [3.63, 3.8) is 0 Å². The van der Waals surface area contributed by atoms with Crippen LogP contribution in [-0.4, -0.2) is 6.04 Å². The predicted octanol–water partition coefficient (Wildman–Crippen LogP) is 3.44. The molecule has 1 heterocycles. The molecule has 1 nitrogen and oxygen atoms in total. The van der Waals surface area contributed by atoms with Crippen molar-refractivity contribution in [3.8, 4) is 0 Å². The van der Waals surface area contributed by atoms with Gasteiger partial charge < -0.3 is 5.32 Å². The monoisotopic (exact) mass is 211 g/mol. The molecule has 14 heavy (non-hydrogen) atoms. The number of hydrogen-bond donors (Lipinski definition) is 1. The molecule has 1 aromatic heterocycles. The molecule has 0 aliphatic heterocycles. The van der Waals surface area contributed by atoms with Gasteiger partial charge in [0, 0.05) is 17.5 Å². The van der Waals surface area contributed by atoms with Crippen LogP contribution in [0, 0.1) is 5.92 Å². The Balaban J connectivity index is 2.45. The summed E-state index contributed by atoms with van der Waals surface area (Å²) in [6, 6.07) is 2.84. The summed E-state index contributed by atoms with van der Waals surface area (Å²) in [5, 5.41) is 5.76. The Kier molecular flexibility index (Phi) is 4.63. The van der Waals surface area contributed by atoms with E-state index in [0.717, 1.165) is 13.0 Å². The molecule has 0 amide bonds. The van der Waals surface area contributed by atoms with Crippen LogP contribution in [0.2, 0.25) is 0 Å². The Morgan fingerprint density at radius 1 is 1.36 bits per heavy atom. The Labute approximate surface area is 91.5 Å². The third-order valence-electron chi connectivity index (χ3n) is 2.80. The first-order chi connectivity index (χ1) is 6.65. The van der Waals surface area contributed by atoms with E-state index in [1.807, 2.05) is 11.3 Å². The molecule has 0 saturated carbocycles. The third kappa shape index (κ3) is 3.10. The minimum atomic E-state index is 0.599. The lowest BCUT2D eigenvalue weighted by atomic mass is 10.1. The van der Waals surface area contributed by atoms with Gasteiger partial charge in [-0.25, -0.2) is 0 Å². The molecule has 0 aliphatic rings. The van der Waals surface area contributed by atoms with E-state index in [4.69, 9.17) is 0 Å². The fourth-order valence-electron chi connectivity index (χ4n) is 1.33. The van der Waals surface area contributed by atoms with Gasteiger partial charge in [0.2, 0.25) is 0 Å². The Morgan fingerprint density at radius 3 is 2.64 bits per heavy atom. The first-order valence-electron chi connectivity index (χ1n) is 5.43. The topological polar surface area (TPSA) is 12.0 Å². The van der Waals surface area contributed by atoms with Gasteiger partial charge in [0.15, 0.2) is 0 Å². The summed E-state index contributed by atoms with van der Waals surface area (Å²) in [5.41, 5.74) is 1.50. The van der Waals surface area contributed by atoms with E-state index in [2.05, 4.69) is 44.5 Å². The number of hydrogen-bond acceptors (Lipinski definition) is 2. The molecule has 2 heteroatoms. The normalized spacial score (nSPS) is 13.5. The first-order valence-corrected chi connectivity index (χ1v) is 6.31. The number of thiophene rings is 1. The number of rotatable bonds is 5. The molecule has 0 aromatic carbocycles. The summed E-state index contributed by atoms with van der Waals surface area (Å²) >= 11 is 1.87. The predicted molar refractivity (Wildman–Crippen MR) is 64.8 cm³/mol. The van der Waals surface area contributed by atoms with E-state index in [0.29, 0.717) is 12.0 Å². The second-order valence-electron chi connectivity index (χ2n) is 4.14. The SMILES string of the molecule is CCc1ccsc1CNC(C)C(C)C. The molecular weight excluding hydrogens is 190 g/mol. The highest BCUT2D eigenvalue weighted by atomic mass is 32.1. The molecule has 0 fully saturated rings. The third-order valence-corrected chi connectivity index (χ3v) is 3.77. The lowest BCUT2D eigenvalue weighted by molar-refractivity contribution is 0.427. The van der Waals surface area contributed by atoms with E-state index >= 15 is 0 Å². The Hall–Kier alpha value is -0.340. The maximum Gasteiger partial charge on any atom is 0.0305 e. The van der Waals surface area contributed by atoms with Crippen LogP contribution in [0.3, 0.4) is 0 Å². The van der Waals surface area contributed by atoms with E-state index in [1.54, 1.807) is 0 Å². The second kappa shape index (κ2) is 5.52. The lowest BCUT2D eigenvalue weighted by Gasteiger charge is -2.17. The van der Waals surface area contributed by atoms with Crippen molar-refractivity contribution < 1.29 is 0 Å². The second-order valence-corrected chi connectivity index (χ2v) is 5.14. The minimum absolute atomic E-state index is 0.599. The maximum absolute atomic E-state index is 3.57. The molecule has 0 saturated heterocycles.